The maximum atomic E-state index is 11.9. The zero-order valence-corrected chi connectivity index (χ0v) is 11.5. The van der Waals surface area contributed by atoms with Gasteiger partial charge in [0.2, 0.25) is 0 Å². The van der Waals surface area contributed by atoms with Crippen LogP contribution in [0.1, 0.15) is 12.0 Å². The highest BCUT2D eigenvalue weighted by atomic mass is 35.5. The number of anilines is 1. The van der Waals surface area contributed by atoms with E-state index >= 15 is 0 Å². The molecule has 1 fully saturated rings. The number of nitrogens with one attached hydrogen (secondary N) is 2. The van der Waals surface area contributed by atoms with E-state index in [2.05, 4.69) is 22.5 Å². The molecule has 1 atom stereocenters. The fourth-order valence-electron chi connectivity index (χ4n) is 1.86. The standard InChI is InChI=1S/C14H15ClN2O3/c15-11-3-4-13(10(8-11)2-1-6-18)17-14(19)16-12-5-7-20-9-12/h3-4,8,12,18H,5-7,9H2,(H2,16,17,19). The number of aliphatic hydroxyl groups is 1. The molecule has 6 heteroatoms. The molecule has 1 aromatic rings. The number of urea groups is 1. The van der Waals surface area contributed by atoms with E-state index in [4.69, 9.17) is 21.4 Å². The molecule has 2 rings (SSSR count). The second-order valence-electron chi connectivity index (χ2n) is 4.31. The van der Waals surface area contributed by atoms with E-state index in [-0.39, 0.29) is 18.7 Å². The van der Waals surface area contributed by atoms with Gasteiger partial charge >= 0.3 is 6.03 Å². The van der Waals surface area contributed by atoms with Gasteiger partial charge in [-0.1, -0.05) is 23.4 Å². The lowest BCUT2D eigenvalue weighted by Crippen LogP contribution is -2.38. The van der Waals surface area contributed by atoms with Gasteiger partial charge in [-0.25, -0.2) is 4.79 Å². The molecule has 0 spiro atoms. The van der Waals surface area contributed by atoms with E-state index in [0.29, 0.717) is 29.5 Å². The fraction of sp³-hybridized carbons (Fsp3) is 0.357. The minimum absolute atomic E-state index is 0.0364. The molecule has 0 radical (unpaired) electrons. The molecule has 1 aliphatic rings. The summed E-state index contributed by atoms with van der Waals surface area (Å²) in [6, 6.07) is 4.71. The Balaban J connectivity index is 2.05. The Morgan fingerprint density at radius 2 is 2.40 bits per heavy atom. The van der Waals surface area contributed by atoms with Crippen molar-refractivity contribution >= 4 is 23.3 Å². The topological polar surface area (TPSA) is 70.6 Å². The van der Waals surface area contributed by atoms with Crippen molar-refractivity contribution in [3.8, 4) is 11.8 Å². The SMILES string of the molecule is O=C(Nc1ccc(Cl)cc1C#CCO)NC1CCOC1. The van der Waals surface area contributed by atoms with Gasteiger partial charge in [0, 0.05) is 17.2 Å². The number of hydrogen-bond acceptors (Lipinski definition) is 3. The highest BCUT2D eigenvalue weighted by molar-refractivity contribution is 6.30. The van der Waals surface area contributed by atoms with E-state index in [1.807, 2.05) is 0 Å². The van der Waals surface area contributed by atoms with Crippen molar-refractivity contribution in [1.82, 2.24) is 5.32 Å². The van der Waals surface area contributed by atoms with Crippen LogP contribution in [0.2, 0.25) is 5.02 Å². The summed E-state index contributed by atoms with van der Waals surface area (Å²) in [5, 5.41) is 14.8. The lowest BCUT2D eigenvalue weighted by molar-refractivity contribution is 0.189. The largest absolute Gasteiger partial charge is 0.384 e. The summed E-state index contributed by atoms with van der Waals surface area (Å²) in [5.74, 6) is 5.28. The normalized spacial score (nSPS) is 17.2. The summed E-state index contributed by atoms with van der Waals surface area (Å²) in [6.07, 6.45) is 0.811. The van der Waals surface area contributed by atoms with Crippen LogP contribution in [0.3, 0.4) is 0 Å². The number of carbonyl (C=O) groups excluding carboxylic acids is 1. The Kier molecular flexibility index (Phi) is 5.24. The average molecular weight is 295 g/mol. The Morgan fingerprint density at radius 3 is 3.10 bits per heavy atom. The molecule has 0 saturated carbocycles. The quantitative estimate of drug-likeness (QED) is 0.726. The number of halogens is 1. The van der Waals surface area contributed by atoms with Gasteiger partial charge in [-0.05, 0) is 24.6 Å². The van der Waals surface area contributed by atoms with Crippen molar-refractivity contribution in [2.45, 2.75) is 12.5 Å². The first kappa shape index (κ1) is 14.7. The molecule has 106 valence electrons. The van der Waals surface area contributed by atoms with Crippen molar-refractivity contribution in [3.05, 3.63) is 28.8 Å². The lowest BCUT2D eigenvalue weighted by Gasteiger charge is -2.13. The second kappa shape index (κ2) is 7.15. The van der Waals surface area contributed by atoms with E-state index in [9.17, 15) is 4.79 Å². The number of ether oxygens (including phenoxy) is 1. The molecular formula is C14H15ClN2O3. The summed E-state index contributed by atoms with van der Waals surface area (Å²) >= 11 is 5.89. The van der Waals surface area contributed by atoms with Crippen LogP contribution in [0.15, 0.2) is 18.2 Å². The lowest BCUT2D eigenvalue weighted by atomic mass is 10.2. The minimum atomic E-state index is -0.310. The van der Waals surface area contributed by atoms with Crippen molar-refractivity contribution in [3.63, 3.8) is 0 Å². The van der Waals surface area contributed by atoms with Gasteiger partial charge in [0.15, 0.2) is 0 Å². The first-order valence-electron chi connectivity index (χ1n) is 6.23. The van der Waals surface area contributed by atoms with Crippen LogP contribution in [0.4, 0.5) is 10.5 Å². The van der Waals surface area contributed by atoms with Crippen LogP contribution in [0.25, 0.3) is 0 Å². The molecule has 1 aromatic carbocycles. The molecule has 3 N–H and O–H groups in total. The van der Waals surface area contributed by atoms with Crippen LogP contribution in [0.5, 0.6) is 0 Å². The molecule has 1 saturated heterocycles. The van der Waals surface area contributed by atoms with Crippen molar-refractivity contribution < 1.29 is 14.6 Å². The van der Waals surface area contributed by atoms with Gasteiger partial charge in [-0.3, -0.25) is 0 Å². The third-order valence-electron chi connectivity index (χ3n) is 2.80. The summed E-state index contributed by atoms with van der Waals surface area (Å²) in [4.78, 5) is 11.9. The molecule has 1 aliphatic heterocycles. The van der Waals surface area contributed by atoms with Crippen LogP contribution < -0.4 is 10.6 Å². The highest BCUT2D eigenvalue weighted by Gasteiger charge is 2.18. The molecule has 0 bridgehead atoms. The van der Waals surface area contributed by atoms with Gasteiger partial charge in [0.25, 0.3) is 0 Å². The molecule has 0 aromatic heterocycles. The Hall–Kier alpha value is -1.74. The maximum Gasteiger partial charge on any atom is 0.319 e. The third kappa shape index (κ3) is 4.14. The van der Waals surface area contributed by atoms with E-state index in [1.54, 1.807) is 18.2 Å². The zero-order chi connectivity index (χ0) is 14.4. The van der Waals surface area contributed by atoms with Gasteiger partial charge in [0.1, 0.15) is 6.61 Å². The number of carbonyl (C=O) groups is 1. The molecule has 20 heavy (non-hydrogen) atoms. The predicted molar refractivity (Wildman–Crippen MR) is 76.8 cm³/mol. The second-order valence-corrected chi connectivity index (χ2v) is 4.75. The first-order valence-corrected chi connectivity index (χ1v) is 6.61. The number of benzene rings is 1. The number of hydrogen-bond donors (Lipinski definition) is 3. The molecule has 2 amide bonds. The van der Waals surface area contributed by atoms with Crippen LogP contribution in [-0.2, 0) is 4.74 Å². The van der Waals surface area contributed by atoms with E-state index in [0.717, 1.165) is 6.42 Å². The van der Waals surface area contributed by atoms with Gasteiger partial charge in [0.05, 0.1) is 18.3 Å². The van der Waals surface area contributed by atoms with Crippen LogP contribution in [0, 0.1) is 11.8 Å². The Morgan fingerprint density at radius 1 is 1.55 bits per heavy atom. The average Bonchev–Trinajstić information content (AvgIpc) is 2.91. The van der Waals surface area contributed by atoms with Crippen molar-refractivity contribution in [2.75, 3.05) is 25.1 Å². The summed E-state index contributed by atoms with van der Waals surface area (Å²) < 4.78 is 5.19. The summed E-state index contributed by atoms with van der Waals surface area (Å²) in [6.45, 7) is 0.946. The van der Waals surface area contributed by atoms with Gasteiger partial charge in [-0.15, -0.1) is 0 Å². The van der Waals surface area contributed by atoms with E-state index < -0.39 is 0 Å². The number of amides is 2. The summed E-state index contributed by atoms with van der Waals surface area (Å²) in [5.41, 5.74) is 1.11. The molecule has 1 heterocycles. The molecule has 1 unspecified atom stereocenters. The zero-order valence-electron chi connectivity index (χ0n) is 10.8. The Bertz CT molecular complexity index is 545. The van der Waals surface area contributed by atoms with Crippen LogP contribution in [-0.4, -0.2) is 37.0 Å². The first-order chi connectivity index (χ1) is 9.69. The molecule has 0 aliphatic carbocycles. The smallest absolute Gasteiger partial charge is 0.319 e. The maximum absolute atomic E-state index is 11.9. The molecular weight excluding hydrogens is 280 g/mol. The highest BCUT2D eigenvalue weighted by Crippen LogP contribution is 2.20. The fourth-order valence-corrected chi connectivity index (χ4v) is 2.03. The monoisotopic (exact) mass is 294 g/mol. The minimum Gasteiger partial charge on any atom is -0.384 e. The third-order valence-corrected chi connectivity index (χ3v) is 3.03. The molecule has 5 nitrogen and oxygen atoms in total. The van der Waals surface area contributed by atoms with Crippen molar-refractivity contribution in [2.24, 2.45) is 0 Å². The predicted octanol–water partition coefficient (Wildman–Crippen LogP) is 1.59. The van der Waals surface area contributed by atoms with Crippen LogP contribution >= 0.6 is 11.6 Å². The van der Waals surface area contributed by atoms with Gasteiger partial charge in [-0.2, -0.15) is 0 Å². The Labute approximate surface area is 122 Å². The summed E-state index contributed by atoms with van der Waals surface area (Å²) in [7, 11) is 0. The van der Waals surface area contributed by atoms with E-state index in [1.165, 1.54) is 0 Å². The number of rotatable bonds is 2. The number of aliphatic hydroxyl groups excluding tert-OH is 1. The van der Waals surface area contributed by atoms with Gasteiger partial charge < -0.3 is 20.5 Å². The van der Waals surface area contributed by atoms with Crippen molar-refractivity contribution in [1.29, 1.82) is 0 Å².